The van der Waals surface area contributed by atoms with Crippen LogP contribution in [0.5, 0.6) is 5.75 Å². The van der Waals surface area contributed by atoms with Crippen molar-refractivity contribution in [3.05, 3.63) is 64.6 Å². The number of methoxy groups -OCH3 is 1. The minimum atomic E-state index is -0.515. The van der Waals surface area contributed by atoms with Crippen molar-refractivity contribution >= 4 is 22.6 Å². The molecule has 0 unspecified atom stereocenters. The molecule has 3 atom stereocenters. The third-order valence-electron chi connectivity index (χ3n) is 6.80. The maximum absolute atomic E-state index is 13.1. The van der Waals surface area contributed by atoms with Gasteiger partial charge in [0, 0.05) is 11.4 Å². The molecular formula is C26H30N4O4. The van der Waals surface area contributed by atoms with Crippen LogP contribution in [-0.4, -0.2) is 41.3 Å². The van der Waals surface area contributed by atoms with E-state index in [2.05, 4.69) is 29.6 Å². The second-order valence-corrected chi connectivity index (χ2v) is 8.93. The molecule has 34 heavy (non-hydrogen) atoms. The first-order valence-corrected chi connectivity index (χ1v) is 11.6. The molecule has 1 heterocycles. The summed E-state index contributed by atoms with van der Waals surface area (Å²) in [6.45, 7) is 4.21. The highest BCUT2D eigenvalue weighted by atomic mass is 16.5. The molecule has 1 fully saturated rings. The number of fused-ring (bicyclic) bond motifs is 1. The average Bonchev–Trinajstić information content (AvgIpc) is 2.86. The Balaban J connectivity index is 1.56. The summed E-state index contributed by atoms with van der Waals surface area (Å²) in [4.78, 5) is 38.7. The fourth-order valence-corrected chi connectivity index (χ4v) is 4.54. The highest BCUT2D eigenvalue weighted by molar-refractivity contribution is 6.05. The molecule has 0 saturated heterocycles. The number of carbonyl (C=O) groups excluding carboxylic acids is 2. The van der Waals surface area contributed by atoms with Gasteiger partial charge < -0.3 is 15.4 Å². The Morgan fingerprint density at radius 1 is 1.06 bits per heavy atom. The van der Waals surface area contributed by atoms with Crippen LogP contribution in [0.3, 0.4) is 0 Å². The van der Waals surface area contributed by atoms with Gasteiger partial charge in [-0.2, -0.15) is 9.78 Å². The molecule has 0 radical (unpaired) electrons. The minimum absolute atomic E-state index is 0.0819. The van der Waals surface area contributed by atoms with E-state index in [1.807, 2.05) is 0 Å². The van der Waals surface area contributed by atoms with E-state index in [9.17, 15) is 14.4 Å². The SMILES string of the molecule is COc1ccc(-n2nc(C(=O)NCC(=O)N[C@@H]3CCC[C@@H](C)[C@H]3C)c3ccccc3c2=O)cc1. The van der Waals surface area contributed by atoms with Gasteiger partial charge in [-0.25, -0.2) is 0 Å². The zero-order chi connectivity index (χ0) is 24.2. The van der Waals surface area contributed by atoms with E-state index in [0.717, 1.165) is 12.8 Å². The second-order valence-electron chi connectivity index (χ2n) is 8.93. The highest BCUT2D eigenvalue weighted by Crippen LogP contribution is 2.29. The number of rotatable bonds is 6. The average molecular weight is 463 g/mol. The van der Waals surface area contributed by atoms with Gasteiger partial charge in [-0.3, -0.25) is 14.4 Å². The maximum Gasteiger partial charge on any atom is 0.279 e. The van der Waals surface area contributed by atoms with E-state index < -0.39 is 5.91 Å². The molecule has 1 aliphatic carbocycles. The van der Waals surface area contributed by atoms with Gasteiger partial charge in [-0.05, 0) is 48.6 Å². The molecule has 3 aromatic rings. The van der Waals surface area contributed by atoms with E-state index in [0.29, 0.717) is 34.0 Å². The quantitative estimate of drug-likeness (QED) is 0.586. The van der Waals surface area contributed by atoms with Crippen LogP contribution in [0.2, 0.25) is 0 Å². The van der Waals surface area contributed by atoms with Gasteiger partial charge >= 0.3 is 0 Å². The molecule has 4 rings (SSSR count). The van der Waals surface area contributed by atoms with Crippen LogP contribution < -0.4 is 20.9 Å². The van der Waals surface area contributed by atoms with Crippen LogP contribution >= 0.6 is 0 Å². The van der Waals surface area contributed by atoms with Crippen molar-refractivity contribution in [3.63, 3.8) is 0 Å². The van der Waals surface area contributed by atoms with Crippen LogP contribution in [0.25, 0.3) is 16.5 Å². The first-order valence-electron chi connectivity index (χ1n) is 11.6. The number of nitrogens with zero attached hydrogens (tertiary/aromatic N) is 2. The predicted molar refractivity (Wildman–Crippen MR) is 130 cm³/mol. The van der Waals surface area contributed by atoms with Crippen molar-refractivity contribution in [2.75, 3.05) is 13.7 Å². The zero-order valence-corrected chi connectivity index (χ0v) is 19.7. The van der Waals surface area contributed by atoms with Gasteiger partial charge in [0.2, 0.25) is 5.91 Å². The lowest BCUT2D eigenvalue weighted by atomic mass is 9.78. The smallest absolute Gasteiger partial charge is 0.279 e. The number of ether oxygens (including phenoxy) is 1. The summed E-state index contributed by atoms with van der Waals surface area (Å²) >= 11 is 0. The molecule has 178 valence electrons. The summed E-state index contributed by atoms with van der Waals surface area (Å²) in [7, 11) is 1.56. The molecule has 2 amide bonds. The van der Waals surface area contributed by atoms with Crippen LogP contribution in [-0.2, 0) is 4.79 Å². The molecule has 8 heteroatoms. The van der Waals surface area contributed by atoms with E-state index in [1.165, 1.54) is 11.1 Å². The second kappa shape index (κ2) is 10.1. The summed E-state index contributed by atoms with van der Waals surface area (Å²) in [6.07, 6.45) is 3.21. The third-order valence-corrected chi connectivity index (χ3v) is 6.80. The van der Waals surface area contributed by atoms with Gasteiger partial charge in [0.1, 0.15) is 5.75 Å². The van der Waals surface area contributed by atoms with Crippen molar-refractivity contribution in [2.45, 2.75) is 39.2 Å². The molecule has 1 aliphatic rings. The molecule has 1 saturated carbocycles. The standard InChI is InChI=1S/C26H30N4O4/c1-16-7-6-10-22(17(16)2)28-23(31)15-27-25(32)24-20-8-4-5-9-21(20)26(33)30(29-24)18-11-13-19(34-3)14-12-18/h4-5,8-9,11-14,16-17,22H,6-7,10,15H2,1-3H3,(H,27,32)(H,28,31)/t16-,17-,22-/m1/s1. The van der Waals surface area contributed by atoms with Crippen molar-refractivity contribution < 1.29 is 14.3 Å². The largest absolute Gasteiger partial charge is 0.497 e. The van der Waals surface area contributed by atoms with Crippen LogP contribution in [0, 0.1) is 11.8 Å². The lowest BCUT2D eigenvalue weighted by molar-refractivity contribution is -0.121. The molecule has 0 bridgehead atoms. The predicted octanol–water partition coefficient (Wildman–Crippen LogP) is 3.07. The molecular weight excluding hydrogens is 432 g/mol. The molecule has 0 spiro atoms. The number of hydrogen-bond acceptors (Lipinski definition) is 5. The van der Waals surface area contributed by atoms with E-state index in [1.54, 1.807) is 55.6 Å². The summed E-state index contributed by atoms with van der Waals surface area (Å²) in [5.41, 5.74) is 0.248. The summed E-state index contributed by atoms with van der Waals surface area (Å²) in [5.74, 6) is 0.851. The van der Waals surface area contributed by atoms with Crippen LogP contribution in [0.4, 0.5) is 0 Å². The van der Waals surface area contributed by atoms with Crippen molar-refractivity contribution in [3.8, 4) is 11.4 Å². The van der Waals surface area contributed by atoms with Gasteiger partial charge in [0.25, 0.3) is 11.5 Å². The number of aromatic nitrogens is 2. The minimum Gasteiger partial charge on any atom is -0.497 e. The number of amides is 2. The van der Waals surface area contributed by atoms with Crippen molar-refractivity contribution in [1.29, 1.82) is 0 Å². The zero-order valence-electron chi connectivity index (χ0n) is 19.7. The normalized spacial score (nSPS) is 20.0. The number of carbonyl (C=O) groups is 2. The molecule has 8 nitrogen and oxygen atoms in total. The fourth-order valence-electron chi connectivity index (χ4n) is 4.54. The van der Waals surface area contributed by atoms with Gasteiger partial charge in [0.15, 0.2) is 5.69 Å². The summed E-state index contributed by atoms with van der Waals surface area (Å²) in [5, 5.41) is 10.9. The first kappa shape index (κ1) is 23.5. The van der Waals surface area contributed by atoms with Gasteiger partial charge in [0.05, 0.1) is 24.7 Å². The molecule has 1 aromatic heterocycles. The third kappa shape index (κ3) is 4.81. The topological polar surface area (TPSA) is 102 Å². The molecule has 2 N–H and O–H groups in total. The molecule has 0 aliphatic heterocycles. The van der Waals surface area contributed by atoms with E-state index >= 15 is 0 Å². The van der Waals surface area contributed by atoms with Crippen molar-refractivity contribution in [2.24, 2.45) is 11.8 Å². The lowest BCUT2D eigenvalue weighted by Gasteiger charge is -2.34. The first-order chi connectivity index (χ1) is 16.4. The van der Waals surface area contributed by atoms with Crippen molar-refractivity contribution in [1.82, 2.24) is 20.4 Å². The molecule has 2 aromatic carbocycles. The monoisotopic (exact) mass is 462 g/mol. The van der Waals surface area contributed by atoms with Gasteiger partial charge in [-0.15, -0.1) is 0 Å². The maximum atomic E-state index is 13.1. The van der Waals surface area contributed by atoms with Crippen LogP contribution in [0.15, 0.2) is 53.3 Å². The Labute approximate surface area is 198 Å². The van der Waals surface area contributed by atoms with E-state index in [4.69, 9.17) is 4.74 Å². The Kier molecular flexibility index (Phi) is 6.95. The van der Waals surface area contributed by atoms with E-state index in [-0.39, 0.29) is 29.7 Å². The van der Waals surface area contributed by atoms with Gasteiger partial charge in [-0.1, -0.05) is 44.9 Å². The Bertz CT molecular complexity index is 1250. The fraction of sp³-hybridized carbons (Fsp3) is 0.385. The summed E-state index contributed by atoms with van der Waals surface area (Å²) in [6, 6.07) is 13.8. The number of nitrogens with one attached hydrogen (secondary N) is 2. The highest BCUT2D eigenvalue weighted by Gasteiger charge is 2.28. The van der Waals surface area contributed by atoms with Crippen LogP contribution in [0.1, 0.15) is 43.6 Å². The Morgan fingerprint density at radius 3 is 2.47 bits per heavy atom. The lowest BCUT2D eigenvalue weighted by Crippen LogP contribution is -2.47. The summed E-state index contributed by atoms with van der Waals surface area (Å²) < 4.78 is 6.38. The number of hydrogen-bond donors (Lipinski definition) is 2. The Morgan fingerprint density at radius 2 is 1.76 bits per heavy atom. The Hall–Kier alpha value is -3.68. The number of benzene rings is 2.